The molecule has 1 aromatic rings. The first-order valence-corrected chi connectivity index (χ1v) is 9.65. The van der Waals surface area contributed by atoms with Crippen molar-refractivity contribution in [3.05, 3.63) is 24.3 Å². The molecule has 202 valence electrons. The number of piperazine rings is 1. The fourth-order valence-corrected chi connectivity index (χ4v) is 2.53. The highest BCUT2D eigenvalue weighted by atomic mass is 19.4. The Labute approximate surface area is 193 Å². The third-order valence-corrected chi connectivity index (χ3v) is 4.23. The van der Waals surface area contributed by atoms with Gasteiger partial charge in [-0.15, -0.1) is 0 Å². The van der Waals surface area contributed by atoms with Gasteiger partial charge in [0.2, 0.25) is 0 Å². The molecule has 0 aromatic heterocycles. The van der Waals surface area contributed by atoms with Gasteiger partial charge in [0.25, 0.3) is 0 Å². The number of methoxy groups -OCH3 is 1. The standard InChI is InChI=1S/C15H21F3N2O.2C2HF3O2/c1-21-14-5-3-13(4-6-14)20-11-9-19(10-12-20)8-2-7-15(16,17)18;2*3-2(4,5)1(6)7/h3-6H,2,7-12H2,1H3;2*(H,6,7). The van der Waals surface area contributed by atoms with Crippen LogP contribution in [0, 0.1) is 0 Å². The lowest BCUT2D eigenvalue weighted by atomic mass is 10.2. The van der Waals surface area contributed by atoms with Crippen LogP contribution < -0.4 is 9.64 Å². The number of halogens is 9. The molecule has 1 saturated heterocycles. The molecule has 0 atom stereocenters. The van der Waals surface area contributed by atoms with Crippen molar-refractivity contribution in [2.24, 2.45) is 0 Å². The van der Waals surface area contributed by atoms with Crippen molar-refractivity contribution in [1.29, 1.82) is 0 Å². The van der Waals surface area contributed by atoms with Crippen molar-refractivity contribution >= 4 is 17.6 Å². The maximum atomic E-state index is 12.1. The van der Waals surface area contributed by atoms with Crippen LogP contribution in [-0.2, 0) is 9.59 Å². The third kappa shape index (κ3) is 14.9. The van der Waals surface area contributed by atoms with Gasteiger partial charge in [0.15, 0.2) is 0 Å². The number of ether oxygens (including phenoxy) is 1. The summed E-state index contributed by atoms with van der Waals surface area (Å²) in [6.07, 6.45) is -14.7. The van der Waals surface area contributed by atoms with Crippen LogP contribution in [0.15, 0.2) is 24.3 Å². The Morgan fingerprint density at radius 2 is 1.23 bits per heavy atom. The van der Waals surface area contributed by atoms with Crippen LogP contribution in [0.2, 0.25) is 0 Å². The van der Waals surface area contributed by atoms with Crippen molar-refractivity contribution in [2.45, 2.75) is 31.4 Å². The first kappa shape index (κ1) is 32.1. The minimum absolute atomic E-state index is 0.187. The van der Waals surface area contributed by atoms with Gasteiger partial charge in [-0.2, -0.15) is 39.5 Å². The number of alkyl halides is 9. The topological polar surface area (TPSA) is 90.3 Å². The lowest BCUT2D eigenvalue weighted by Gasteiger charge is -2.36. The molecule has 2 N–H and O–H groups in total. The minimum Gasteiger partial charge on any atom is -0.497 e. The minimum atomic E-state index is -5.08. The van der Waals surface area contributed by atoms with E-state index in [1.807, 2.05) is 24.3 Å². The zero-order chi connectivity index (χ0) is 27.4. The van der Waals surface area contributed by atoms with Crippen LogP contribution >= 0.6 is 0 Å². The van der Waals surface area contributed by atoms with Gasteiger partial charge in [-0.3, -0.25) is 4.90 Å². The molecule has 1 aliphatic heterocycles. The molecule has 0 aliphatic carbocycles. The second-order valence-electron chi connectivity index (χ2n) is 6.85. The van der Waals surface area contributed by atoms with E-state index in [1.165, 1.54) is 0 Å². The summed E-state index contributed by atoms with van der Waals surface area (Å²) in [7, 11) is 1.63. The van der Waals surface area contributed by atoms with E-state index in [2.05, 4.69) is 9.80 Å². The number of rotatable bonds is 5. The van der Waals surface area contributed by atoms with E-state index < -0.39 is 36.9 Å². The van der Waals surface area contributed by atoms with Crippen molar-refractivity contribution in [3.63, 3.8) is 0 Å². The molecule has 16 heteroatoms. The largest absolute Gasteiger partial charge is 0.497 e. The quantitative estimate of drug-likeness (QED) is 0.545. The average Bonchev–Trinajstić information content (AvgIpc) is 2.73. The first-order valence-electron chi connectivity index (χ1n) is 9.65. The van der Waals surface area contributed by atoms with E-state index in [1.54, 1.807) is 7.11 Å². The number of benzene rings is 1. The van der Waals surface area contributed by atoms with E-state index in [4.69, 9.17) is 24.5 Å². The van der Waals surface area contributed by atoms with E-state index >= 15 is 0 Å². The Morgan fingerprint density at radius 1 is 0.829 bits per heavy atom. The van der Waals surface area contributed by atoms with Crippen LogP contribution in [0.5, 0.6) is 5.75 Å². The smallest absolute Gasteiger partial charge is 0.490 e. The zero-order valence-electron chi connectivity index (χ0n) is 18.2. The first-order chi connectivity index (χ1) is 15.9. The molecule has 0 radical (unpaired) electrons. The second kappa shape index (κ2) is 13.8. The number of aliphatic carboxylic acids is 2. The summed E-state index contributed by atoms with van der Waals surface area (Å²) >= 11 is 0. The molecule has 0 unspecified atom stereocenters. The van der Waals surface area contributed by atoms with Crippen LogP contribution in [-0.4, -0.2) is 85.4 Å². The predicted molar refractivity (Wildman–Crippen MR) is 104 cm³/mol. The third-order valence-electron chi connectivity index (χ3n) is 4.23. The summed E-state index contributed by atoms with van der Waals surface area (Å²) < 4.78 is 105. The molecule has 0 amide bonds. The number of carboxylic acids is 2. The van der Waals surface area contributed by atoms with E-state index in [0.29, 0.717) is 6.54 Å². The van der Waals surface area contributed by atoms with Crippen molar-refractivity contribution in [2.75, 3.05) is 44.7 Å². The van der Waals surface area contributed by atoms with Gasteiger partial charge < -0.3 is 19.8 Å². The fraction of sp³-hybridized carbons (Fsp3) is 0.579. The van der Waals surface area contributed by atoms with Gasteiger partial charge in [-0.1, -0.05) is 0 Å². The molecule has 1 fully saturated rings. The van der Waals surface area contributed by atoms with Crippen LogP contribution in [0.25, 0.3) is 0 Å². The number of carbonyl (C=O) groups is 2. The Bertz CT molecular complexity index is 749. The summed E-state index contributed by atoms with van der Waals surface area (Å²) in [5, 5.41) is 14.2. The Kier molecular flexibility index (Phi) is 12.7. The summed E-state index contributed by atoms with van der Waals surface area (Å²) in [6, 6.07) is 7.87. The maximum absolute atomic E-state index is 12.1. The van der Waals surface area contributed by atoms with Crippen LogP contribution in [0.1, 0.15) is 12.8 Å². The number of anilines is 1. The summed E-state index contributed by atoms with van der Waals surface area (Å²) in [6.45, 7) is 3.83. The summed E-state index contributed by atoms with van der Waals surface area (Å²) in [5.74, 6) is -4.69. The maximum Gasteiger partial charge on any atom is 0.490 e. The molecule has 0 spiro atoms. The molecule has 0 saturated carbocycles. The van der Waals surface area contributed by atoms with E-state index in [9.17, 15) is 39.5 Å². The highest BCUT2D eigenvalue weighted by Crippen LogP contribution is 2.23. The van der Waals surface area contributed by atoms with E-state index in [0.717, 1.165) is 37.6 Å². The van der Waals surface area contributed by atoms with Crippen molar-refractivity contribution in [1.82, 2.24) is 4.90 Å². The molecule has 1 aromatic carbocycles. The van der Waals surface area contributed by atoms with Gasteiger partial charge in [-0.25, -0.2) is 9.59 Å². The average molecular weight is 530 g/mol. The molecule has 1 aliphatic rings. The summed E-state index contributed by atoms with van der Waals surface area (Å²) in [4.78, 5) is 22.1. The number of hydrogen-bond acceptors (Lipinski definition) is 5. The number of carboxylic acid groups (broad SMARTS) is 2. The molecule has 0 bridgehead atoms. The Morgan fingerprint density at radius 3 is 1.54 bits per heavy atom. The highest BCUT2D eigenvalue weighted by molar-refractivity contribution is 5.73. The predicted octanol–water partition coefficient (Wildman–Crippen LogP) is 4.43. The molecular weight excluding hydrogens is 507 g/mol. The lowest BCUT2D eigenvalue weighted by Crippen LogP contribution is -2.46. The Balaban J connectivity index is 0.000000680. The van der Waals surface area contributed by atoms with Crippen molar-refractivity contribution < 1.29 is 64.1 Å². The molecule has 2 rings (SSSR count). The van der Waals surface area contributed by atoms with Crippen LogP contribution in [0.4, 0.5) is 45.2 Å². The van der Waals surface area contributed by atoms with Crippen molar-refractivity contribution in [3.8, 4) is 5.75 Å². The summed E-state index contributed by atoms with van der Waals surface area (Å²) in [5.41, 5.74) is 1.13. The second-order valence-corrected chi connectivity index (χ2v) is 6.85. The number of hydrogen-bond donors (Lipinski definition) is 2. The lowest BCUT2D eigenvalue weighted by molar-refractivity contribution is -0.193. The van der Waals surface area contributed by atoms with Gasteiger partial charge in [-0.05, 0) is 37.2 Å². The zero-order valence-corrected chi connectivity index (χ0v) is 18.2. The molecule has 7 nitrogen and oxygen atoms in total. The number of nitrogens with zero attached hydrogens (tertiary/aromatic N) is 2. The monoisotopic (exact) mass is 530 g/mol. The van der Waals surface area contributed by atoms with Gasteiger partial charge >= 0.3 is 30.5 Å². The van der Waals surface area contributed by atoms with Gasteiger partial charge in [0.05, 0.1) is 7.11 Å². The van der Waals surface area contributed by atoms with Gasteiger partial charge in [0, 0.05) is 38.3 Å². The molecule has 1 heterocycles. The highest BCUT2D eigenvalue weighted by Gasteiger charge is 2.38. The normalized spacial score (nSPS) is 14.7. The van der Waals surface area contributed by atoms with Gasteiger partial charge in [0.1, 0.15) is 5.75 Å². The molecule has 35 heavy (non-hydrogen) atoms. The van der Waals surface area contributed by atoms with Crippen LogP contribution in [0.3, 0.4) is 0 Å². The fourth-order valence-electron chi connectivity index (χ4n) is 2.53. The SMILES string of the molecule is COc1ccc(N2CCN(CCCC(F)(F)F)CC2)cc1.O=C(O)C(F)(F)F.O=C(O)C(F)(F)F. The molecular formula is C19H23F9N2O5. The Hall–Kier alpha value is -2.91. The van der Waals surface area contributed by atoms with E-state index in [-0.39, 0.29) is 6.42 Å².